The molecular formula is C32H28F3N3OS. The Bertz CT molecular complexity index is 1650. The largest absolute Gasteiger partial charge is 0.416 e. The minimum atomic E-state index is -4.54. The highest BCUT2D eigenvalue weighted by molar-refractivity contribution is 8.14. The van der Waals surface area contributed by atoms with Crippen LogP contribution in [-0.2, 0) is 12.7 Å². The zero-order valence-electron chi connectivity index (χ0n) is 22.0. The number of fused-ring (bicyclic) bond motifs is 1. The van der Waals surface area contributed by atoms with Gasteiger partial charge in [-0.15, -0.1) is 0 Å². The Morgan fingerprint density at radius 2 is 1.77 bits per heavy atom. The molecule has 204 valence electrons. The summed E-state index contributed by atoms with van der Waals surface area (Å²) in [6.45, 7) is 3.57. The van der Waals surface area contributed by atoms with Crippen LogP contribution in [0.15, 0.2) is 73.1 Å². The van der Waals surface area contributed by atoms with Gasteiger partial charge in [0, 0.05) is 71.1 Å². The zero-order chi connectivity index (χ0) is 28.3. The molecular weight excluding hydrogens is 531 g/mol. The number of halogens is 3. The highest BCUT2D eigenvalue weighted by Crippen LogP contribution is 2.35. The Morgan fingerprint density at radius 3 is 2.55 bits per heavy atom. The molecule has 1 amide bonds. The summed E-state index contributed by atoms with van der Waals surface area (Å²) in [5.41, 5.74) is 2.16. The van der Waals surface area contributed by atoms with Gasteiger partial charge in [-0.1, -0.05) is 54.1 Å². The number of carbonyl (C=O) groups excluding carboxylic acids is 1. The molecule has 4 nitrogen and oxygen atoms in total. The van der Waals surface area contributed by atoms with Gasteiger partial charge in [-0.05, 0) is 42.3 Å². The molecule has 0 atom stereocenters. The maximum absolute atomic E-state index is 14.0. The molecule has 2 heterocycles. The first-order valence-electron chi connectivity index (χ1n) is 12.8. The van der Waals surface area contributed by atoms with Gasteiger partial charge >= 0.3 is 6.18 Å². The molecule has 4 aromatic rings. The molecule has 1 fully saturated rings. The minimum absolute atomic E-state index is 0.0869. The lowest BCUT2D eigenvalue weighted by Crippen LogP contribution is -2.33. The van der Waals surface area contributed by atoms with Crippen molar-refractivity contribution in [2.75, 3.05) is 29.9 Å². The number of anilines is 1. The second-order valence-corrected chi connectivity index (χ2v) is 11.8. The monoisotopic (exact) mass is 559 g/mol. The highest BCUT2D eigenvalue weighted by atomic mass is 32.2. The number of rotatable bonds is 4. The maximum Gasteiger partial charge on any atom is 0.416 e. The van der Waals surface area contributed by atoms with Crippen molar-refractivity contribution in [2.45, 2.75) is 19.6 Å². The molecule has 0 spiro atoms. The normalized spacial score (nSPS) is 14.5. The number of pyridine rings is 1. The van der Waals surface area contributed by atoms with Gasteiger partial charge in [-0.25, -0.2) is 0 Å². The first-order valence-corrected chi connectivity index (χ1v) is 14.6. The molecule has 3 aromatic carbocycles. The third-order valence-electron chi connectivity index (χ3n) is 6.96. The lowest BCUT2D eigenvalue weighted by atomic mass is 10.0. The van der Waals surface area contributed by atoms with Crippen LogP contribution in [0, 0.1) is 18.8 Å². The predicted octanol–water partition coefficient (Wildman–Crippen LogP) is 6.73. The lowest BCUT2D eigenvalue weighted by molar-refractivity contribution is -0.138. The molecule has 1 aliphatic heterocycles. The summed E-state index contributed by atoms with van der Waals surface area (Å²) in [6.07, 6.45) is -1.06. The Kier molecular flexibility index (Phi) is 8.06. The van der Waals surface area contributed by atoms with Gasteiger partial charge in [0.05, 0.1) is 11.1 Å². The third-order valence-corrected chi connectivity index (χ3v) is 8.48. The minimum Gasteiger partial charge on any atom is -0.322 e. The van der Waals surface area contributed by atoms with E-state index in [1.54, 1.807) is 30.6 Å². The molecule has 1 aromatic heterocycles. The summed E-state index contributed by atoms with van der Waals surface area (Å²) in [5.74, 6) is 11.7. The van der Waals surface area contributed by atoms with E-state index in [2.05, 4.69) is 28.0 Å². The van der Waals surface area contributed by atoms with Crippen LogP contribution in [0.5, 0.6) is 0 Å². The zero-order valence-corrected chi connectivity index (χ0v) is 22.8. The molecule has 8 heteroatoms. The molecule has 0 saturated carbocycles. The molecule has 40 heavy (non-hydrogen) atoms. The van der Waals surface area contributed by atoms with E-state index in [0.29, 0.717) is 11.1 Å². The second-order valence-electron chi connectivity index (χ2n) is 9.81. The van der Waals surface area contributed by atoms with E-state index >= 15 is 0 Å². The summed E-state index contributed by atoms with van der Waals surface area (Å²) in [7, 11) is 0.0869. The van der Waals surface area contributed by atoms with Crippen molar-refractivity contribution in [1.82, 2.24) is 9.88 Å². The first-order chi connectivity index (χ1) is 19.2. The summed E-state index contributed by atoms with van der Waals surface area (Å²) >= 11 is 0. The number of carbonyl (C=O) groups is 1. The van der Waals surface area contributed by atoms with E-state index in [9.17, 15) is 18.0 Å². The van der Waals surface area contributed by atoms with Gasteiger partial charge in [0.2, 0.25) is 0 Å². The fourth-order valence-electron chi connectivity index (χ4n) is 4.64. The van der Waals surface area contributed by atoms with E-state index in [0.717, 1.165) is 52.6 Å². The first kappa shape index (κ1) is 27.6. The molecule has 1 N–H and O–H groups in total. The fourth-order valence-corrected chi connectivity index (χ4v) is 5.87. The topological polar surface area (TPSA) is 45.2 Å². The van der Waals surface area contributed by atoms with Crippen LogP contribution in [0.3, 0.4) is 0 Å². The van der Waals surface area contributed by atoms with Crippen LogP contribution in [0.25, 0.3) is 10.8 Å². The van der Waals surface area contributed by atoms with Gasteiger partial charge in [-0.2, -0.15) is 23.7 Å². The maximum atomic E-state index is 14.0. The van der Waals surface area contributed by atoms with E-state index in [1.165, 1.54) is 12.1 Å². The van der Waals surface area contributed by atoms with Crippen molar-refractivity contribution in [2.24, 2.45) is 0 Å². The quantitative estimate of drug-likeness (QED) is 0.223. The van der Waals surface area contributed by atoms with Crippen LogP contribution >= 0.6 is 10.5 Å². The van der Waals surface area contributed by atoms with E-state index in [4.69, 9.17) is 0 Å². The lowest BCUT2D eigenvalue weighted by Gasteiger charge is -2.29. The number of aromatic nitrogens is 1. The Hall–Kier alpha value is -3.93. The Morgan fingerprint density at radius 1 is 1.02 bits per heavy atom. The van der Waals surface area contributed by atoms with E-state index in [-0.39, 0.29) is 28.3 Å². The van der Waals surface area contributed by atoms with Crippen LogP contribution in [0.2, 0.25) is 0 Å². The average molecular weight is 560 g/mol. The summed E-state index contributed by atoms with van der Waals surface area (Å²) < 4.78 is 41.9. The number of hydrogen-bond acceptors (Lipinski definition) is 3. The molecule has 0 aliphatic carbocycles. The van der Waals surface area contributed by atoms with Gasteiger partial charge in [0.1, 0.15) is 0 Å². The highest BCUT2D eigenvalue weighted by Gasteiger charge is 2.34. The van der Waals surface area contributed by atoms with E-state index < -0.39 is 17.6 Å². The van der Waals surface area contributed by atoms with Crippen molar-refractivity contribution >= 4 is 38.7 Å². The smallest absolute Gasteiger partial charge is 0.322 e. The Labute approximate surface area is 234 Å². The Balaban J connectivity index is 1.36. The number of hydrogen-bond donors (Lipinski definition) is 1. The number of nitrogens with zero attached hydrogens (tertiary/aromatic N) is 2. The van der Waals surface area contributed by atoms with Crippen molar-refractivity contribution in [3.8, 4) is 11.8 Å². The SMILES string of the molecule is C=S1CCN(Cc2ccc(NC(=O)c3ccc(C)c(C#Cc4cncc5ccccc45)c3)cc2C(F)(F)F)CC1. The van der Waals surface area contributed by atoms with Gasteiger partial charge in [-0.3, -0.25) is 14.7 Å². The molecule has 0 radical (unpaired) electrons. The van der Waals surface area contributed by atoms with E-state index in [1.807, 2.05) is 36.1 Å². The van der Waals surface area contributed by atoms with Crippen LogP contribution in [0.1, 0.15) is 38.2 Å². The number of nitrogens with one attached hydrogen (secondary N) is 1. The van der Waals surface area contributed by atoms with Crippen LogP contribution in [-0.4, -0.2) is 46.3 Å². The molecule has 0 unspecified atom stereocenters. The number of alkyl halides is 3. The molecule has 1 saturated heterocycles. The molecule has 5 rings (SSSR count). The molecule has 1 aliphatic rings. The third kappa shape index (κ3) is 6.44. The van der Waals surface area contributed by atoms with Crippen LogP contribution < -0.4 is 5.32 Å². The average Bonchev–Trinajstić information content (AvgIpc) is 2.94. The fraction of sp³-hybridized carbons (Fsp3) is 0.219. The number of aryl methyl sites for hydroxylation is 1. The summed E-state index contributed by atoms with van der Waals surface area (Å²) in [4.78, 5) is 19.3. The predicted molar refractivity (Wildman–Crippen MR) is 158 cm³/mol. The number of benzene rings is 3. The standard InChI is InChI=1S/C32H28F3N3OS/c1-22-7-8-24(17-23(22)9-10-26-20-36-19-25-5-3-4-6-29(25)26)31(39)37-28-12-11-27(30(18-28)32(33,34)35)21-38-13-15-40(2)16-14-38/h3-8,11-12,17-20H,2,13-16,21H2,1H3,(H,37,39). The van der Waals surface area contributed by atoms with Gasteiger partial charge in [0.15, 0.2) is 0 Å². The number of amides is 1. The summed E-state index contributed by atoms with van der Waals surface area (Å²) in [6, 6.07) is 16.9. The van der Waals surface area contributed by atoms with Crippen molar-refractivity contribution in [3.05, 3.63) is 106 Å². The van der Waals surface area contributed by atoms with Crippen molar-refractivity contribution in [1.29, 1.82) is 0 Å². The van der Waals surface area contributed by atoms with Crippen LogP contribution in [0.4, 0.5) is 18.9 Å². The second kappa shape index (κ2) is 11.7. The molecule has 0 bridgehead atoms. The van der Waals surface area contributed by atoms with Crippen molar-refractivity contribution in [3.63, 3.8) is 0 Å². The van der Waals surface area contributed by atoms with Gasteiger partial charge in [0.25, 0.3) is 5.91 Å². The summed E-state index contributed by atoms with van der Waals surface area (Å²) in [5, 5.41) is 4.59. The van der Waals surface area contributed by atoms with Gasteiger partial charge < -0.3 is 5.32 Å². The van der Waals surface area contributed by atoms with Crippen molar-refractivity contribution < 1.29 is 18.0 Å².